The van der Waals surface area contributed by atoms with Crippen LogP contribution in [0.4, 0.5) is 4.39 Å². The van der Waals surface area contributed by atoms with Crippen LogP contribution in [-0.2, 0) is 4.79 Å². The van der Waals surface area contributed by atoms with Crippen LogP contribution < -0.4 is 0 Å². The Bertz CT molecular complexity index is 516. The number of nitrogens with zero attached hydrogens (tertiary/aromatic N) is 1. The Morgan fingerprint density at radius 3 is 2.79 bits per heavy atom. The Morgan fingerprint density at radius 1 is 1.12 bits per heavy atom. The maximum Gasteiger partial charge on any atom is 0.225 e. The molecular weight excluding hydrogens is 301 g/mol. The number of amides is 1. The minimum Gasteiger partial charge on any atom is -0.339 e. The summed E-state index contributed by atoms with van der Waals surface area (Å²) in [6, 6.07) is 0.352. The second-order valence-corrected chi connectivity index (χ2v) is 7.49. The van der Waals surface area contributed by atoms with Crippen molar-refractivity contribution < 1.29 is 9.18 Å². The Kier molecular flexibility index (Phi) is 6.28. The molecule has 0 radical (unpaired) electrons. The molecule has 3 heteroatoms. The van der Waals surface area contributed by atoms with Crippen LogP contribution in [0.3, 0.4) is 0 Å². The fraction of sp³-hybridized carbons (Fsp3) is 0.667. The summed E-state index contributed by atoms with van der Waals surface area (Å²) in [5, 5.41) is 0. The molecule has 2 fully saturated rings. The number of likely N-dealkylation sites (tertiary alicyclic amines) is 1. The summed E-state index contributed by atoms with van der Waals surface area (Å²) in [4.78, 5) is 15.1. The molecule has 0 N–H and O–H groups in total. The first-order valence-corrected chi connectivity index (χ1v) is 9.71. The molecule has 3 rings (SSSR count). The minimum atomic E-state index is -0.976. The van der Waals surface area contributed by atoms with E-state index in [0.717, 1.165) is 51.5 Å². The average molecular weight is 331 g/mol. The largest absolute Gasteiger partial charge is 0.339 e. The first-order valence-electron chi connectivity index (χ1n) is 9.71. The molecule has 3 aliphatic rings. The number of hydrogen-bond donors (Lipinski definition) is 0. The SMILES string of the molecule is O=C(C1CCCCC1)N1CCC[C@H]1C/C1=C/C=CC(F)/C=C\CC1. The van der Waals surface area contributed by atoms with Crippen molar-refractivity contribution in [3.05, 3.63) is 36.0 Å². The first kappa shape index (κ1) is 17.4. The van der Waals surface area contributed by atoms with Crippen LogP contribution in [0.2, 0.25) is 0 Å². The third kappa shape index (κ3) is 4.58. The molecule has 0 bridgehead atoms. The fourth-order valence-electron chi connectivity index (χ4n) is 4.34. The highest BCUT2D eigenvalue weighted by Crippen LogP contribution is 2.31. The Balaban J connectivity index is 1.62. The summed E-state index contributed by atoms with van der Waals surface area (Å²) < 4.78 is 13.5. The quantitative estimate of drug-likeness (QED) is 0.657. The molecule has 0 aromatic carbocycles. The monoisotopic (exact) mass is 331 g/mol. The number of hydrogen-bond acceptors (Lipinski definition) is 1. The van der Waals surface area contributed by atoms with Gasteiger partial charge >= 0.3 is 0 Å². The zero-order valence-corrected chi connectivity index (χ0v) is 14.6. The molecule has 2 nitrogen and oxygen atoms in total. The zero-order valence-electron chi connectivity index (χ0n) is 14.6. The molecule has 24 heavy (non-hydrogen) atoms. The van der Waals surface area contributed by atoms with Gasteiger partial charge < -0.3 is 4.90 Å². The van der Waals surface area contributed by atoms with Gasteiger partial charge in [0.15, 0.2) is 0 Å². The van der Waals surface area contributed by atoms with Crippen LogP contribution in [0, 0.1) is 5.92 Å². The minimum absolute atomic E-state index is 0.268. The van der Waals surface area contributed by atoms with Crippen LogP contribution in [0.5, 0.6) is 0 Å². The lowest BCUT2D eigenvalue weighted by atomic mass is 9.88. The lowest BCUT2D eigenvalue weighted by Crippen LogP contribution is -2.40. The van der Waals surface area contributed by atoms with Gasteiger partial charge in [0.1, 0.15) is 6.17 Å². The first-order chi connectivity index (χ1) is 11.7. The van der Waals surface area contributed by atoms with E-state index in [1.54, 1.807) is 12.2 Å². The topological polar surface area (TPSA) is 20.3 Å². The molecule has 0 aromatic heterocycles. The summed E-state index contributed by atoms with van der Waals surface area (Å²) in [5.74, 6) is 0.670. The van der Waals surface area contributed by atoms with Gasteiger partial charge in [-0.1, -0.05) is 49.1 Å². The number of alkyl halides is 1. The molecule has 1 unspecified atom stereocenters. The number of halogens is 1. The van der Waals surface area contributed by atoms with E-state index in [4.69, 9.17) is 0 Å². The van der Waals surface area contributed by atoms with Gasteiger partial charge in [-0.2, -0.15) is 0 Å². The molecule has 2 atom stereocenters. The van der Waals surface area contributed by atoms with Crippen molar-refractivity contribution >= 4 is 5.91 Å². The second kappa shape index (κ2) is 8.64. The van der Waals surface area contributed by atoms with E-state index >= 15 is 0 Å². The van der Waals surface area contributed by atoms with Gasteiger partial charge in [0.05, 0.1) is 0 Å². The van der Waals surface area contributed by atoms with Gasteiger partial charge in [-0.3, -0.25) is 4.79 Å². The normalized spacial score (nSPS) is 32.5. The highest BCUT2D eigenvalue weighted by Gasteiger charge is 2.33. The predicted octanol–water partition coefficient (Wildman–Crippen LogP) is 5.12. The summed E-state index contributed by atoms with van der Waals surface area (Å²) >= 11 is 0. The molecular formula is C21H30FNO. The van der Waals surface area contributed by atoms with Crippen LogP contribution >= 0.6 is 0 Å². The predicted molar refractivity (Wildman–Crippen MR) is 96.4 cm³/mol. The maximum absolute atomic E-state index is 13.5. The molecule has 1 heterocycles. The van der Waals surface area contributed by atoms with Crippen molar-refractivity contribution in [2.75, 3.05) is 6.54 Å². The molecule has 1 aliphatic heterocycles. The fourth-order valence-corrected chi connectivity index (χ4v) is 4.34. The number of carbonyl (C=O) groups is 1. The van der Waals surface area contributed by atoms with E-state index in [1.807, 2.05) is 12.2 Å². The third-order valence-corrected chi connectivity index (χ3v) is 5.69. The highest BCUT2D eigenvalue weighted by molar-refractivity contribution is 5.79. The van der Waals surface area contributed by atoms with E-state index in [-0.39, 0.29) is 5.92 Å². The molecule has 1 amide bonds. The lowest BCUT2D eigenvalue weighted by Gasteiger charge is -2.31. The smallest absolute Gasteiger partial charge is 0.225 e. The van der Waals surface area contributed by atoms with E-state index in [0.29, 0.717) is 11.9 Å². The number of rotatable bonds is 3. The van der Waals surface area contributed by atoms with E-state index < -0.39 is 6.17 Å². The van der Waals surface area contributed by atoms with E-state index in [1.165, 1.54) is 24.8 Å². The van der Waals surface area contributed by atoms with Crippen LogP contribution in [-0.4, -0.2) is 29.6 Å². The third-order valence-electron chi connectivity index (χ3n) is 5.69. The van der Waals surface area contributed by atoms with Crippen molar-refractivity contribution in [2.24, 2.45) is 5.92 Å². The summed E-state index contributed by atoms with van der Waals surface area (Å²) in [6.07, 6.45) is 19.0. The molecule has 0 spiro atoms. The summed E-state index contributed by atoms with van der Waals surface area (Å²) in [5.41, 5.74) is 1.35. The van der Waals surface area contributed by atoms with Gasteiger partial charge in [-0.05, 0) is 51.0 Å². The van der Waals surface area contributed by atoms with Gasteiger partial charge in [0.25, 0.3) is 0 Å². The Hall–Kier alpha value is -1.38. The zero-order chi connectivity index (χ0) is 16.8. The summed E-state index contributed by atoms with van der Waals surface area (Å²) in [7, 11) is 0. The summed E-state index contributed by atoms with van der Waals surface area (Å²) in [6.45, 7) is 0.926. The van der Waals surface area contributed by atoms with Crippen LogP contribution in [0.25, 0.3) is 0 Å². The molecule has 0 aromatic rings. The molecule has 2 aliphatic carbocycles. The Labute approximate surface area is 145 Å². The van der Waals surface area contributed by atoms with Crippen molar-refractivity contribution in [1.29, 1.82) is 0 Å². The maximum atomic E-state index is 13.5. The highest BCUT2D eigenvalue weighted by atomic mass is 19.1. The van der Waals surface area contributed by atoms with E-state index in [9.17, 15) is 9.18 Å². The van der Waals surface area contributed by atoms with E-state index in [2.05, 4.69) is 11.0 Å². The van der Waals surface area contributed by atoms with Gasteiger partial charge in [0.2, 0.25) is 5.91 Å². The Morgan fingerprint density at radius 2 is 1.96 bits per heavy atom. The molecule has 1 saturated carbocycles. The van der Waals surface area contributed by atoms with Crippen molar-refractivity contribution in [3.8, 4) is 0 Å². The van der Waals surface area contributed by atoms with Crippen LogP contribution in [0.1, 0.15) is 64.2 Å². The molecule has 1 saturated heterocycles. The van der Waals surface area contributed by atoms with Gasteiger partial charge in [-0.25, -0.2) is 4.39 Å². The van der Waals surface area contributed by atoms with Crippen LogP contribution in [0.15, 0.2) is 36.0 Å². The lowest BCUT2D eigenvalue weighted by molar-refractivity contribution is -0.137. The average Bonchev–Trinajstić information content (AvgIpc) is 3.09. The van der Waals surface area contributed by atoms with Gasteiger partial charge in [0, 0.05) is 18.5 Å². The molecule has 132 valence electrons. The van der Waals surface area contributed by atoms with Crippen molar-refractivity contribution in [1.82, 2.24) is 4.90 Å². The van der Waals surface area contributed by atoms with Crippen molar-refractivity contribution in [2.45, 2.75) is 76.4 Å². The van der Waals surface area contributed by atoms with Crippen molar-refractivity contribution in [3.63, 3.8) is 0 Å². The van der Waals surface area contributed by atoms with Gasteiger partial charge in [-0.15, -0.1) is 0 Å². The second-order valence-electron chi connectivity index (χ2n) is 7.49. The number of allylic oxidation sites excluding steroid dienone is 5. The standard InChI is InChI=1S/C21H30FNO/c22-19-12-5-4-8-17(9-6-13-19)16-20-14-7-15-23(20)21(24)18-10-2-1-3-11-18/h5-6,9,12-13,18-20H,1-4,7-8,10-11,14-16H2/b12-5-,13-6?,17-9+/t19?,20-/m0/s1. The number of carbonyl (C=O) groups excluding carboxylic acids is 1.